The minimum absolute atomic E-state index is 0.191. The summed E-state index contributed by atoms with van der Waals surface area (Å²) in [5.41, 5.74) is 4.20. The van der Waals surface area contributed by atoms with Crippen LogP contribution in [0.4, 0.5) is 10.5 Å². The molecule has 3 heterocycles. The van der Waals surface area contributed by atoms with Crippen molar-refractivity contribution in [3.8, 4) is 17.4 Å². The first kappa shape index (κ1) is 31.7. The van der Waals surface area contributed by atoms with Crippen LogP contribution in [0.5, 0.6) is 11.8 Å². The number of hydrogen-bond donors (Lipinski definition) is 1. The average molecular weight is 636 g/mol. The van der Waals surface area contributed by atoms with Gasteiger partial charge in [-0.25, -0.2) is 9.59 Å². The lowest BCUT2D eigenvalue weighted by Gasteiger charge is -2.34. The largest absolute Gasteiger partial charge is 0.473 e. The Hall–Kier alpha value is -5.25. The predicted octanol–water partition coefficient (Wildman–Crippen LogP) is 6.69. The smallest absolute Gasteiger partial charge is 0.410 e. The lowest BCUT2D eigenvalue weighted by Crippen LogP contribution is -2.44. The van der Waals surface area contributed by atoms with Gasteiger partial charge in [0.15, 0.2) is 0 Å². The van der Waals surface area contributed by atoms with Crippen molar-refractivity contribution < 1.29 is 19.0 Å². The molecule has 244 valence electrons. The van der Waals surface area contributed by atoms with Crippen molar-refractivity contribution in [2.24, 2.45) is 7.05 Å². The van der Waals surface area contributed by atoms with Gasteiger partial charge in [0.05, 0.1) is 11.0 Å². The SMILES string of the molecule is Cn1c(=O)n(-c2ccc(OCc3ccccc3)nc2OCc2ccccc2)c2ccc(NC3CCN(C(=O)OC(C)(C)C)CC3)cc21. The van der Waals surface area contributed by atoms with Crippen LogP contribution in [0.2, 0.25) is 0 Å². The van der Waals surface area contributed by atoms with Crippen LogP contribution in [0, 0.1) is 0 Å². The molecule has 47 heavy (non-hydrogen) atoms. The normalized spacial score (nSPS) is 13.8. The summed E-state index contributed by atoms with van der Waals surface area (Å²) in [7, 11) is 1.76. The van der Waals surface area contributed by atoms with Crippen molar-refractivity contribution in [1.82, 2.24) is 19.0 Å². The third kappa shape index (κ3) is 7.60. The number of amides is 1. The van der Waals surface area contributed by atoms with E-state index in [4.69, 9.17) is 19.2 Å². The molecular formula is C37H41N5O5. The van der Waals surface area contributed by atoms with Gasteiger partial charge in [0.2, 0.25) is 11.8 Å². The zero-order valence-corrected chi connectivity index (χ0v) is 27.3. The number of imidazole rings is 1. The molecule has 0 radical (unpaired) electrons. The number of anilines is 1. The van der Waals surface area contributed by atoms with Gasteiger partial charge in [0.25, 0.3) is 0 Å². The van der Waals surface area contributed by atoms with E-state index >= 15 is 0 Å². The molecule has 1 fully saturated rings. The Bertz CT molecular complexity index is 1890. The van der Waals surface area contributed by atoms with Gasteiger partial charge in [0, 0.05) is 37.9 Å². The summed E-state index contributed by atoms with van der Waals surface area (Å²) >= 11 is 0. The number of fused-ring (bicyclic) bond motifs is 1. The first-order valence-electron chi connectivity index (χ1n) is 16.0. The summed E-state index contributed by atoms with van der Waals surface area (Å²) in [4.78, 5) is 32.7. The quantitative estimate of drug-likeness (QED) is 0.193. The Labute approximate surface area is 274 Å². The van der Waals surface area contributed by atoms with E-state index in [9.17, 15) is 9.59 Å². The molecule has 0 atom stereocenters. The Kier molecular flexibility index (Phi) is 9.19. The minimum atomic E-state index is -0.517. The number of likely N-dealkylation sites (tertiary alicyclic amines) is 1. The second kappa shape index (κ2) is 13.6. The number of nitrogens with one attached hydrogen (secondary N) is 1. The third-order valence-electron chi connectivity index (χ3n) is 8.08. The molecule has 1 saturated heterocycles. The van der Waals surface area contributed by atoms with Gasteiger partial charge in [-0.15, -0.1) is 0 Å². The molecule has 6 rings (SSSR count). The lowest BCUT2D eigenvalue weighted by atomic mass is 10.0. The van der Waals surface area contributed by atoms with Crippen molar-refractivity contribution in [3.05, 3.63) is 113 Å². The molecule has 5 aromatic rings. The Morgan fingerprint density at radius 3 is 2.13 bits per heavy atom. The van der Waals surface area contributed by atoms with Crippen LogP contribution in [-0.4, -0.2) is 49.8 Å². The van der Waals surface area contributed by atoms with Crippen molar-refractivity contribution >= 4 is 22.8 Å². The number of carbonyl (C=O) groups is 1. The molecule has 0 bridgehead atoms. The Morgan fingerprint density at radius 1 is 0.851 bits per heavy atom. The van der Waals surface area contributed by atoms with E-state index in [2.05, 4.69) is 5.32 Å². The van der Waals surface area contributed by atoms with Crippen LogP contribution >= 0.6 is 0 Å². The van der Waals surface area contributed by atoms with E-state index in [0.717, 1.165) is 40.7 Å². The highest BCUT2D eigenvalue weighted by molar-refractivity contribution is 5.82. The number of nitrogens with zero attached hydrogens (tertiary/aromatic N) is 4. The maximum Gasteiger partial charge on any atom is 0.410 e. The number of benzene rings is 3. The molecule has 2 aromatic heterocycles. The van der Waals surface area contributed by atoms with E-state index in [-0.39, 0.29) is 24.4 Å². The van der Waals surface area contributed by atoms with Crippen LogP contribution in [0.3, 0.4) is 0 Å². The maximum absolute atomic E-state index is 13.8. The summed E-state index contributed by atoms with van der Waals surface area (Å²) in [5, 5.41) is 3.60. The molecule has 0 spiro atoms. The highest BCUT2D eigenvalue weighted by Crippen LogP contribution is 2.29. The van der Waals surface area contributed by atoms with E-state index < -0.39 is 5.60 Å². The van der Waals surface area contributed by atoms with E-state index in [1.165, 1.54) is 0 Å². The molecule has 1 aliphatic heterocycles. The minimum Gasteiger partial charge on any atom is -0.473 e. The monoisotopic (exact) mass is 635 g/mol. The van der Waals surface area contributed by atoms with Gasteiger partial charge in [-0.2, -0.15) is 4.98 Å². The highest BCUT2D eigenvalue weighted by atomic mass is 16.6. The fourth-order valence-corrected chi connectivity index (χ4v) is 5.66. The summed E-state index contributed by atoms with van der Waals surface area (Å²) in [5.74, 6) is 0.700. The number of carbonyl (C=O) groups excluding carboxylic acids is 1. The number of ether oxygens (including phenoxy) is 3. The Morgan fingerprint density at radius 2 is 1.49 bits per heavy atom. The zero-order chi connectivity index (χ0) is 33.0. The number of piperidine rings is 1. The standard InChI is InChI=1S/C37H41N5O5/c1-37(2,3)47-36(44)41-21-19-28(20-22-41)38-29-15-16-30-32(23-29)40(4)35(43)42(30)31-17-18-33(45-24-26-11-7-5-8-12-26)39-34(31)46-25-27-13-9-6-10-14-27/h5-18,23,28,38H,19-22,24-25H2,1-4H3. The number of pyridine rings is 1. The van der Waals surface area contributed by atoms with Crippen LogP contribution in [0.1, 0.15) is 44.7 Å². The van der Waals surface area contributed by atoms with Crippen molar-refractivity contribution in [3.63, 3.8) is 0 Å². The molecule has 10 nitrogen and oxygen atoms in total. The molecule has 0 saturated carbocycles. The number of aromatic nitrogens is 3. The van der Waals surface area contributed by atoms with Crippen molar-refractivity contribution in [2.75, 3.05) is 18.4 Å². The molecule has 10 heteroatoms. The molecule has 0 unspecified atom stereocenters. The average Bonchev–Trinajstić information content (AvgIpc) is 3.31. The molecule has 1 amide bonds. The van der Waals surface area contributed by atoms with Crippen LogP contribution in [0.25, 0.3) is 16.7 Å². The van der Waals surface area contributed by atoms with Crippen molar-refractivity contribution in [1.29, 1.82) is 0 Å². The molecule has 1 N–H and O–H groups in total. The second-order valence-electron chi connectivity index (χ2n) is 12.8. The van der Waals surface area contributed by atoms with Crippen LogP contribution in [0.15, 0.2) is 95.8 Å². The molecule has 0 aliphatic carbocycles. The van der Waals surface area contributed by atoms with Gasteiger partial charge >= 0.3 is 11.8 Å². The lowest BCUT2D eigenvalue weighted by molar-refractivity contribution is 0.0210. The summed E-state index contributed by atoms with van der Waals surface area (Å²) in [6, 6.07) is 29.4. The van der Waals surface area contributed by atoms with Gasteiger partial charge in [0.1, 0.15) is 24.5 Å². The van der Waals surface area contributed by atoms with Gasteiger partial charge < -0.3 is 24.4 Å². The summed E-state index contributed by atoms with van der Waals surface area (Å²) in [6.45, 7) is 7.50. The Balaban J connectivity index is 1.24. The van der Waals surface area contributed by atoms with Crippen molar-refractivity contribution in [2.45, 2.75) is 58.5 Å². The first-order valence-corrected chi connectivity index (χ1v) is 16.0. The second-order valence-corrected chi connectivity index (χ2v) is 12.8. The van der Waals surface area contributed by atoms with Gasteiger partial charge in [-0.1, -0.05) is 60.7 Å². The zero-order valence-electron chi connectivity index (χ0n) is 27.3. The maximum atomic E-state index is 13.8. The molecule has 3 aromatic carbocycles. The van der Waals surface area contributed by atoms with E-state index in [1.54, 1.807) is 27.1 Å². The molecular weight excluding hydrogens is 594 g/mol. The van der Waals surface area contributed by atoms with Gasteiger partial charge in [-0.05, 0) is 69.0 Å². The third-order valence-corrected chi connectivity index (χ3v) is 8.08. The first-order chi connectivity index (χ1) is 22.6. The number of aryl methyl sites for hydroxylation is 1. The topological polar surface area (TPSA) is 99.9 Å². The van der Waals surface area contributed by atoms with E-state index in [1.807, 2.05) is 106 Å². The fourth-order valence-electron chi connectivity index (χ4n) is 5.66. The highest BCUT2D eigenvalue weighted by Gasteiger charge is 2.27. The molecule has 1 aliphatic rings. The van der Waals surface area contributed by atoms with Crippen LogP contribution in [-0.2, 0) is 25.0 Å². The summed E-state index contributed by atoms with van der Waals surface area (Å²) in [6.07, 6.45) is 1.32. The van der Waals surface area contributed by atoms with E-state index in [0.29, 0.717) is 37.1 Å². The summed E-state index contributed by atoms with van der Waals surface area (Å²) < 4.78 is 21.1. The predicted molar refractivity (Wildman–Crippen MR) is 182 cm³/mol. The number of rotatable bonds is 9. The number of hydrogen-bond acceptors (Lipinski definition) is 7. The fraction of sp³-hybridized carbons (Fsp3) is 0.324. The van der Waals surface area contributed by atoms with Gasteiger partial charge in [-0.3, -0.25) is 9.13 Å². The van der Waals surface area contributed by atoms with Crippen LogP contribution < -0.4 is 20.5 Å².